The fourth-order valence-corrected chi connectivity index (χ4v) is 2.54. The first kappa shape index (κ1) is 14.5. The fraction of sp³-hybridized carbons (Fsp3) is 0.385. The lowest BCUT2D eigenvalue weighted by atomic mass is 10.1. The molecule has 0 saturated carbocycles. The van der Waals surface area contributed by atoms with Gasteiger partial charge in [0.05, 0.1) is 11.1 Å². The van der Waals surface area contributed by atoms with Crippen LogP contribution >= 0.6 is 27.5 Å². The van der Waals surface area contributed by atoms with Crippen molar-refractivity contribution in [3.05, 3.63) is 45.4 Å². The average Bonchev–Trinajstić information content (AvgIpc) is 2.80. The second-order valence-corrected chi connectivity index (χ2v) is 5.49. The van der Waals surface area contributed by atoms with Crippen LogP contribution in [0.5, 0.6) is 0 Å². The Hall–Kier alpha value is -0.910. The Morgan fingerprint density at radius 3 is 3.00 bits per heavy atom. The van der Waals surface area contributed by atoms with E-state index in [2.05, 4.69) is 32.9 Å². The number of hydrogen-bond acceptors (Lipinski definition) is 3. The summed E-state index contributed by atoms with van der Waals surface area (Å²) in [5.74, 6) is 0.769. The van der Waals surface area contributed by atoms with E-state index in [1.54, 1.807) is 0 Å². The Balaban J connectivity index is 2.18. The van der Waals surface area contributed by atoms with Gasteiger partial charge in [-0.25, -0.2) is 4.98 Å². The van der Waals surface area contributed by atoms with Crippen LogP contribution in [0, 0.1) is 0 Å². The molecule has 19 heavy (non-hydrogen) atoms. The standard InChI is InChI=1S/C13H15BrClN3O/c1-2-6-18-12(16-8-17-18)7-11(19)9-4-3-5-10(14)13(9)15/h3-5,8,11,19H,2,6-7H2,1H3. The fourth-order valence-electron chi connectivity index (χ4n) is 1.91. The van der Waals surface area contributed by atoms with Crippen LogP contribution in [0.1, 0.15) is 30.8 Å². The molecule has 0 aliphatic carbocycles. The third kappa shape index (κ3) is 3.35. The van der Waals surface area contributed by atoms with E-state index in [4.69, 9.17) is 11.6 Å². The van der Waals surface area contributed by atoms with Crippen molar-refractivity contribution in [3.8, 4) is 0 Å². The number of aromatic nitrogens is 3. The van der Waals surface area contributed by atoms with Crippen LogP contribution in [0.4, 0.5) is 0 Å². The summed E-state index contributed by atoms with van der Waals surface area (Å²) in [5.41, 5.74) is 0.696. The van der Waals surface area contributed by atoms with Gasteiger partial charge in [0.1, 0.15) is 12.2 Å². The van der Waals surface area contributed by atoms with Crippen molar-refractivity contribution in [2.45, 2.75) is 32.4 Å². The summed E-state index contributed by atoms with van der Waals surface area (Å²) in [4.78, 5) is 4.19. The molecule has 1 aromatic carbocycles. The van der Waals surface area contributed by atoms with E-state index in [1.807, 2.05) is 22.9 Å². The summed E-state index contributed by atoms with van der Waals surface area (Å²) in [6.45, 7) is 2.88. The van der Waals surface area contributed by atoms with Gasteiger partial charge in [-0.3, -0.25) is 4.68 Å². The first-order valence-electron chi connectivity index (χ1n) is 6.12. The number of nitrogens with zero attached hydrogens (tertiary/aromatic N) is 3. The number of halogens is 2. The molecule has 0 saturated heterocycles. The molecule has 0 fully saturated rings. The van der Waals surface area contributed by atoms with Gasteiger partial charge < -0.3 is 5.11 Å². The topological polar surface area (TPSA) is 50.9 Å². The second kappa shape index (κ2) is 6.50. The van der Waals surface area contributed by atoms with E-state index in [1.165, 1.54) is 6.33 Å². The van der Waals surface area contributed by atoms with Gasteiger partial charge in [0.25, 0.3) is 0 Å². The zero-order valence-electron chi connectivity index (χ0n) is 10.6. The van der Waals surface area contributed by atoms with Crippen molar-refractivity contribution < 1.29 is 5.11 Å². The summed E-state index contributed by atoms with van der Waals surface area (Å²) in [6, 6.07) is 5.52. The second-order valence-electron chi connectivity index (χ2n) is 4.26. The van der Waals surface area contributed by atoms with Crippen molar-refractivity contribution in [2.75, 3.05) is 0 Å². The Bertz CT molecular complexity index is 559. The molecule has 102 valence electrons. The molecule has 1 atom stereocenters. The quantitative estimate of drug-likeness (QED) is 0.904. The summed E-state index contributed by atoms with van der Waals surface area (Å²) >= 11 is 9.53. The molecule has 1 unspecified atom stereocenters. The number of aryl methyl sites for hydroxylation is 1. The predicted molar refractivity (Wildman–Crippen MR) is 78.1 cm³/mol. The van der Waals surface area contributed by atoms with E-state index >= 15 is 0 Å². The van der Waals surface area contributed by atoms with Gasteiger partial charge in [-0.2, -0.15) is 5.10 Å². The maximum atomic E-state index is 10.3. The lowest BCUT2D eigenvalue weighted by Gasteiger charge is -2.13. The van der Waals surface area contributed by atoms with Gasteiger partial charge in [0.15, 0.2) is 0 Å². The molecule has 2 aromatic rings. The molecule has 4 nitrogen and oxygen atoms in total. The molecule has 0 aliphatic heterocycles. The van der Waals surface area contributed by atoms with Crippen LogP contribution in [0.25, 0.3) is 0 Å². The highest BCUT2D eigenvalue weighted by Gasteiger charge is 2.16. The average molecular weight is 345 g/mol. The van der Waals surface area contributed by atoms with Gasteiger partial charge in [-0.1, -0.05) is 30.7 Å². The van der Waals surface area contributed by atoms with E-state index in [0.717, 1.165) is 23.3 Å². The number of hydrogen-bond donors (Lipinski definition) is 1. The van der Waals surface area contributed by atoms with Crippen LogP contribution in [0.15, 0.2) is 29.0 Å². The molecule has 0 aliphatic rings. The third-order valence-electron chi connectivity index (χ3n) is 2.85. The molecular weight excluding hydrogens is 330 g/mol. The largest absolute Gasteiger partial charge is 0.388 e. The summed E-state index contributed by atoms with van der Waals surface area (Å²) in [5, 5.41) is 15.0. The third-order valence-corrected chi connectivity index (χ3v) is 4.16. The maximum Gasteiger partial charge on any atom is 0.138 e. The molecule has 2 rings (SSSR count). The van der Waals surface area contributed by atoms with Crippen LogP contribution in [-0.4, -0.2) is 19.9 Å². The van der Waals surface area contributed by atoms with Crippen LogP contribution in [0.2, 0.25) is 5.02 Å². The van der Waals surface area contributed by atoms with Gasteiger partial charge >= 0.3 is 0 Å². The van der Waals surface area contributed by atoms with Crippen LogP contribution in [0.3, 0.4) is 0 Å². The maximum absolute atomic E-state index is 10.3. The Kier molecular flexibility index (Phi) is 4.96. The minimum Gasteiger partial charge on any atom is -0.388 e. The normalized spacial score (nSPS) is 12.6. The molecule has 0 bridgehead atoms. The Labute approximate surface area is 125 Å². The number of benzene rings is 1. The Morgan fingerprint density at radius 2 is 2.26 bits per heavy atom. The van der Waals surface area contributed by atoms with Gasteiger partial charge in [0, 0.05) is 23.0 Å². The first-order valence-corrected chi connectivity index (χ1v) is 7.29. The smallest absolute Gasteiger partial charge is 0.138 e. The SMILES string of the molecule is CCCn1ncnc1CC(O)c1cccc(Br)c1Cl. The lowest BCUT2D eigenvalue weighted by molar-refractivity contribution is 0.174. The van der Waals surface area contributed by atoms with E-state index < -0.39 is 6.10 Å². The van der Waals surface area contributed by atoms with Crippen molar-refractivity contribution in [3.63, 3.8) is 0 Å². The minimum atomic E-state index is -0.690. The van der Waals surface area contributed by atoms with Gasteiger partial charge in [-0.15, -0.1) is 0 Å². The highest BCUT2D eigenvalue weighted by Crippen LogP contribution is 2.31. The molecule has 6 heteroatoms. The van der Waals surface area contributed by atoms with Crippen molar-refractivity contribution in [2.24, 2.45) is 0 Å². The van der Waals surface area contributed by atoms with Crippen LogP contribution < -0.4 is 0 Å². The predicted octanol–water partition coefficient (Wildman–Crippen LogP) is 3.38. The number of rotatable bonds is 5. The number of aliphatic hydroxyl groups excluding tert-OH is 1. The first-order chi connectivity index (χ1) is 9.13. The minimum absolute atomic E-state index is 0.399. The zero-order valence-corrected chi connectivity index (χ0v) is 12.9. The van der Waals surface area contributed by atoms with Crippen molar-refractivity contribution in [1.29, 1.82) is 0 Å². The lowest BCUT2D eigenvalue weighted by Crippen LogP contribution is -2.10. The highest BCUT2D eigenvalue weighted by atomic mass is 79.9. The molecular formula is C13H15BrClN3O. The molecule has 1 N–H and O–H groups in total. The van der Waals surface area contributed by atoms with E-state index in [0.29, 0.717) is 17.0 Å². The zero-order chi connectivity index (χ0) is 13.8. The van der Waals surface area contributed by atoms with Crippen molar-refractivity contribution >= 4 is 27.5 Å². The molecule has 0 amide bonds. The van der Waals surface area contributed by atoms with Crippen LogP contribution in [-0.2, 0) is 13.0 Å². The summed E-state index contributed by atoms with van der Waals surface area (Å²) in [6.07, 6.45) is 2.20. The molecule has 1 aromatic heterocycles. The molecule has 1 heterocycles. The summed E-state index contributed by atoms with van der Waals surface area (Å²) < 4.78 is 2.59. The monoisotopic (exact) mass is 343 g/mol. The summed E-state index contributed by atoms with van der Waals surface area (Å²) in [7, 11) is 0. The van der Waals surface area contributed by atoms with Gasteiger partial charge in [0.2, 0.25) is 0 Å². The molecule has 0 spiro atoms. The van der Waals surface area contributed by atoms with Gasteiger partial charge in [-0.05, 0) is 28.4 Å². The highest BCUT2D eigenvalue weighted by molar-refractivity contribution is 9.10. The number of aliphatic hydroxyl groups is 1. The Morgan fingerprint density at radius 1 is 1.47 bits per heavy atom. The van der Waals surface area contributed by atoms with E-state index in [-0.39, 0.29) is 0 Å². The van der Waals surface area contributed by atoms with Crippen molar-refractivity contribution in [1.82, 2.24) is 14.8 Å². The van der Waals surface area contributed by atoms with E-state index in [9.17, 15) is 5.11 Å². The molecule has 0 radical (unpaired) electrons.